The van der Waals surface area contributed by atoms with E-state index in [1.165, 1.54) is 7.11 Å². The highest BCUT2D eigenvalue weighted by molar-refractivity contribution is 7.56. The largest absolute Gasteiger partial charge is 0.461 e. The van der Waals surface area contributed by atoms with E-state index in [4.69, 9.17) is 13.8 Å². The summed E-state index contributed by atoms with van der Waals surface area (Å²) in [6.07, 6.45) is 0. The number of carbonyl (C=O) groups excluding carboxylic acids is 1. The van der Waals surface area contributed by atoms with Crippen LogP contribution in [0.15, 0.2) is 10.5 Å². The first-order chi connectivity index (χ1) is 11.0. The van der Waals surface area contributed by atoms with E-state index < -0.39 is 13.7 Å². The molecular formula is C12H20N3O6PS. The zero-order chi connectivity index (χ0) is 17.3. The molecule has 1 heterocycles. The second kappa shape index (κ2) is 9.61. The van der Waals surface area contributed by atoms with Crippen molar-refractivity contribution in [2.45, 2.75) is 20.8 Å². The van der Waals surface area contributed by atoms with Crippen LogP contribution in [-0.4, -0.2) is 43.6 Å². The van der Waals surface area contributed by atoms with Crippen LogP contribution in [0.25, 0.3) is 0 Å². The Labute approximate surface area is 138 Å². The first kappa shape index (κ1) is 19.6. The van der Waals surface area contributed by atoms with Crippen LogP contribution in [0, 0.1) is 0 Å². The van der Waals surface area contributed by atoms with Gasteiger partial charge in [-0.05, 0) is 20.8 Å². The van der Waals surface area contributed by atoms with Gasteiger partial charge in [-0.25, -0.2) is 14.3 Å². The summed E-state index contributed by atoms with van der Waals surface area (Å²) < 4.78 is 27.5. The van der Waals surface area contributed by atoms with Gasteiger partial charge in [0.25, 0.3) is 0 Å². The number of esters is 1. The van der Waals surface area contributed by atoms with E-state index in [1.807, 2.05) is 0 Å². The third-order valence-electron chi connectivity index (χ3n) is 2.23. The number of thiazole rings is 1. The average molecular weight is 365 g/mol. The van der Waals surface area contributed by atoms with Crippen LogP contribution in [0.4, 0.5) is 5.13 Å². The molecule has 0 aliphatic carbocycles. The minimum atomic E-state index is -3.50. The maximum atomic E-state index is 12.4. The van der Waals surface area contributed by atoms with Gasteiger partial charge in [0, 0.05) is 5.38 Å². The zero-order valence-corrected chi connectivity index (χ0v) is 15.1. The van der Waals surface area contributed by atoms with E-state index >= 15 is 0 Å². The van der Waals surface area contributed by atoms with Gasteiger partial charge >= 0.3 is 13.7 Å². The van der Waals surface area contributed by atoms with Gasteiger partial charge in [-0.3, -0.25) is 14.1 Å². The van der Waals surface area contributed by atoms with E-state index in [1.54, 1.807) is 26.2 Å². The quantitative estimate of drug-likeness (QED) is 0.292. The number of nitrogens with zero attached hydrogens (tertiary/aromatic N) is 2. The molecule has 1 rings (SSSR count). The van der Waals surface area contributed by atoms with Gasteiger partial charge in [0.15, 0.2) is 5.13 Å². The molecule has 0 bridgehead atoms. The molecule has 0 aliphatic heterocycles. The summed E-state index contributed by atoms with van der Waals surface area (Å²) in [6.45, 7) is 5.69. The molecule has 0 fully saturated rings. The molecule has 0 amide bonds. The Morgan fingerprint density at radius 1 is 1.30 bits per heavy atom. The van der Waals surface area contributed by atoms with Crippen LogP contribution in [0.1, 0.15) is 26.5 Å². The smallest absolute Gasteiger partial charge is 0.434 e. The first-order valence-electron chi connectivity index (χ1n) is 6.91. The molecule has 0 saturated carbocycles. The topological polar surface area (TPSA) is 108 Å². The Kier molecular flexibility index (Phi) is 8.18. The molecule has 1 aromatic heterocycles. The summed E-state index contributed by atoms with van der Waals surface area (Å²) >= 11 is 1.12. The van der Waals surface area contributed by atoms with Crippen molar-refractivity contribution in [1.29, 1.82) is 0 Å². The number of anilines is 1. The van der Waals surface area contributed by atoms with Crippen LogP contribution in [0.3, 0.4) is 0 Å². The van der Waals surface area contributed by atoms with Crippen LogP contribution in [-0.2, 0) is 28.0 Å². The van der Waals surface area contributed by atoms with Crippen molar-refractivity contribution >= 4 is 35.9 Å². The lowest BCUT2D eigenvalue weighted by Crippen LogP contribution is -2.19. The van der Waals surface area contributed by atoms with Crippen molar-refractivity contribution in [2.75, 3.05) is 32.0 Å². The van der Waals surface area contributed by atoms with Crippen molar-refractivity contribution in [3.8, 4) is 0 Å². The third-order valence-corrected chi connectivity index (χ3v) is 4.82. The molecule has 0 aromatic carbocycles. The molecule has 130 valence electrons. The Balaban J connectivity index is 2.96. The lowest BCUT2D eigenvalue weighted by Gasteiger charge is -2.16. The van der Waals surface area contributed by atoms with Gasteiger partial charge in [-0.1, -0.05) is 5.16 Å². The van der Waals surface area contributed by atoms with E-state index in [9.17, 15) is 9.36 Å². The summed E-state index contributed by atoms with van der Waals surface area (Å²) in [5, 5.41) is 8.06. The number of carbonyl (C=O) groups is 1. The van der Waals surface area contributed by atoms with Crippen LogP contribution >= 0.6 is 19.1 Å². The van der Waals surface area contributed by atoms with Gasteiger partial charge in [-0.15, -0.1) is 11.3 Å². The summed E-state index contributed by atoms with van der Waals surface area (Å²) in [5.41, 5.74) is 0.152. The lowest BCUT2D eigenvalue weighted by molar-refractivity contribution is -0.135. The molecule has 23 heavy (non-hydrogen) atoms. The third kappa shape index (κ3) is 5.91. The number of ether oxygens (including phenoxy) is 1. The first-order valence-corrected chi connectivity index (χ1v) is 9.33. The number of aromatic nitrogens is 1. The fourth-order valence-electron chi connectivity index (χ4n) is 1.47. The van der Waals surface area contributed by atoms with Crippen molar-refractivity contribution in [1.82, 2.24) is 4.98 Å². The van der Waals surface area contributed by atoms with Gasteiger partial charge in [0.1, 0.15) is 12.8 Å². The Morgan fingerprint density at radius 3 is 2.48 bits per heavy atom. The number of rotatable bonds is 10. The van der Waals surface area contributed by atoms with Gasteiger partial charge in [-0.2, -0.15) is 0 Å². The summed E-state index contributed by atoms with van der Waals surface area (Å²) in [6, 6.07) is 0. The van der Waals surface area contributed by atoms with Crippen molar-refractivity contribution < 1.29 is 28.0 Å². The van der Waals surface area contributed by atoms with Crippen molar-refractivity contribution in [2.24, 2.45) is 5.16 Å². The van der Waals surface area contributed by atoms with Gasteiger partial charge in [0.2, 0.25) is 5.71 Å². The van der Waals surface area contributed by atoms with Gasteiger partial charge < -0.3 is 9.57 Å². The molecule has 0 radical (unpaired) electrons. The zero-order valence-electron chi connectivity index (χ0n) is 13.4. The van der Waals surface area contributed by atoms with E-state index in [0.29, 0.717) is 0 Å². The van der Waals surface area contributed by atoms with E-state index in [2.05, 4.69) is 20.1 Å². The van der Waals surface area contributed by atoms with Crippen LogP contribution in [0.2, 0.25) is 0 Å². The van der Waals surface area contributed by atoms with Crippen LogP contribution < -0.4 is 5.09 Å². The normalized spacial score (nSPS) is 12.1. The maximum Gasteiger partial charge on any atom is 0.434 e. The fourth-order valence-corrected chi connectivity index (χ4v) is 3.72. The molecule has 0 atom stereocenters. The molecule has 0 saturated heterocycles. The highest BCUT2D eigenvalue weighted by Crippen LogP contribution is 2.48. The second-order valence-electron chi connectivity index (χ2n) is 3.83. The summed E-state index contributed by atoms with van der Waals surface area (Å²) in [5.74, 6) is -0.663. The van der Waals surface area contributed by atoms with Gasteiger partial charge in [0.05, 0.1) is 19.8 Å². The SMILES string of the molecule is CCOC(=O)/C(=N/OC)c1csc(NP(=O)(OCC)OCC)n1. The minimum Gasteiger partial charge on any atom is -0.461 e. The standard InChI is InChI=1S/C12H20N3O6PS/c1-5-19-11(16)10(14-18-4)9-8-23-12(13-9)15-22(17,20-6-2)21-7-3/h8H,5-7H2,1-4H3,(H,13,15,17)/b14-10+. The number of nitrogens with one attached hydrogen (secondary N) is 1. The summed E-state index contributed by atoms with van der Waals surface area (Å²) in [7, 11) is -2.19. The highest BCUT2D eigenvalue weighted by Gasteiger charge is 2.26. The maximum absolute atomic E-state index is 12.4. The number of hydrogen-bond donors (Lipinski definition) is 1. The Morgan fingerprint density at radius 2 is 1.96 bits per heavy atom. The predicted octanol–water partition coefficient (Wildman–Crippen LogP) is 2.65. The second-order valence-corrected chi connectivity index (χ2v) is 6.42. The fraction of sp³-hybridized carbons (Fsp3) is 0.583. The molecule has 1 aromatic rings. The number of oxime groups is 1. The molecule has 0 spiro atoms. The molecule has 0 unspecified atom stereocenters. The monoisotopic (exact) mass is 365 g/mol. The van der Waals surface area contributed by atoms with E-state index in [0.717, 1.165) is 11.3 Å². The van der Waals surface area contributed by atoms with Crippen molar-refractivity contribution in [3.63, 3.8) is 0 Å². The molecule has 0 aliphatic rings. The Hall–Kier alpha value is -1.48. The minimum absolute atomic E-state index is 0.0821. The summed E-state index contributed by atoms with van der Waals surface area (Å²) in [4.78, 5) is 20.6. The van der Waals surface area contributed by atoms with Crippen LogP contribution in [0.5, 0.6) is 0 Å². The molecule has 11 heteroatoms. The van der Waals surface area contributed by atoms with E-state index in [-0.39, 0.29) is 36.4 Å². The van der Waals surface area contributed by atoms with Crippen molar-refractivity contribution in [3.05, 3.63) is 11.1 Å². The Bertz CT molecular complexity index is 581. The molecule has 9 nitrogen and oxygen atoms in total. The average Bonchev–Trinajstić information content (AvgIpc) is 2.93. The lowest BCUT2D eigenvalue weighted by atomic mass is 10.3. The predicted molar refractivity (Wildman–Crippen MR) is 86.8 cm³/mol. The number of hydrogen-bond acceptors (Lipinski definition) is 9. The molecule has 1 N–H and O–H groups in total. The molecular weight excluding hydrogens is 345 g/mol. The highest BCUT2D eigenvalue weighted by atomic mass is 32.1.